The van der Waals surface area contributed by atoms with Crippen molar-refractivity contribution in [2.45, 2.75) is 26.2 Å². The SMILES string of the molecule is CC[C@@H](C)[C@H](C(=O)Nc1nccs1)c1ccccc1. The van der Waals surface area contributed by atoms with Crippen LogP contribution in [0.1, 0.15) is 31.7 Å². The van der Waals surface area contributed by atoms with Crippen LogP contribution in [0.25, 0.3) is 0 Å². The highest BCUT2D eigenvalue weighted by Crippen LogP contribution is 2.28. The van der Waals surface area contributed by atoms with Crippen LogP contribution >= 0.6 is 11.3 Å². The van der Waals surface area contributed by atoms with Gasteiger partial charge in [-0.3, -0.25) is 4.79 Å². The molecule has 0 aliphatic rings. The summed E-state index contributed by atoms with van der Waals surface area (Å²) in [5, 5.41) is 5.42. The molecular weight excluding hydrogens is 256 g/mol. The fraction of sp³-hybridized carbons (Fsp3) is 0.333. The number of rotatable bonds is 5. The second-order valence-corrected chi connectivity index (χ2v) is 5.49. The number of hydrogen-bond donors (Lipinski definition) is 1. The lowest BCUT2D eigenvalue weighted by atomic mass is 9.85. The van der Waals surface area contributed by atoms with Gasteiger partial charge in [0.15, 0.2) is 5.13 Å². The first-order chi connectivity index (χ1) is 9.22. The highest BCUT2D eigenvalue weighted by molar-refractivity contribution is 7.13. The van der Waals surface area contributed by atoms with Crippen LogP contribution in [0.15, 0.2) is 41.9 Å². The van der Waals surface area contributed by atoms with Crippen molar-refractivity contribution in [3.8, 4) is 0 Å². The third-order valence-corrected chi connectivity index (χ3v) is 4.01. The number of benzene rings is 1. The van der Waals surface area contributed by atoms with Gasteiger partial charge in [-0.15, -0.1) is 11.3 Å². The molecule has 0 fully saturated rings. The predicted molar refractivity (Wildman–Crippen MR) is 79.4 cm³/mol. The van der Waals surface area contributed by atoms with Crippen molar-refractivity contribution in [3.05, 3.63) is 47.5 Å². The first-order valence-electron chi connectivity index (χ1n) is 6.47. The zero-order valence-electron chi connectivity index (χ0n) is 11.2. The molecule has 2 atom stereocenters. The van der Waals surface area contributed by atoms with E-state index >= 15 is 0 Å². The van der Waals surface area contributed by atoms with Crippen molar-refractivity contribution >= 4 is 22.4 Å². The number of anilines is 1. The average Bonchev–Trinajstić information content (AvgIpc) is 2.93. The largest absolute Gasteiger partial charge is 0.301 e. The van der Waals surface area contributed by atoms with Crippen molar-refractivity contribution in [1.82, 2.24) is 4.98 Å². The fourth-order valence-electron chi connectivity index (χ4n) is 2.10. The summed E-state index contributed by atoms with van der Waals surface area (Å²) >= 11 is 1.44. The van der Waals surface area contributed by atoms with Crippen molar-refractivity contribution in [2.24, 2.45) is 5.92 Å². The summed E-state index contributed by atoms with van der Waals surface area (Å²) in [5.41, 5.74) is 1.06. The van der Waals surface area contributed by atoms with Gasteiger partial charge in [0.05, 0.1) is 5.92 Å². The van der Waals surface area contributed by atoms with Crippen LogP contribution in [0.5, 0.6) is 0 Å². The van der Waals surface area contributed by atoms with Gasteiger partial charge in [-0.2, -0.15) is 0 Å². The molecule has 2 aromatic rings. The standard InChI is InChI=1S/C15H18N2OS/c1-3-11(2)13(12-7-5-4-6-8-12)14(18)17-15-16-9-10-19-15/h4-11,13H,3H2,1-2H3,(H,16,17,18)/t11-,13+/m1/s1. The molecular formula is C15H18N2OS. The fourth-order valence-corrected chi connectivity index (χ4v) is 2.63. The van der Waals surface area contributed by atoms with Gasteiger partial charge in [0.25, 0.3) is 0 Å². The van der Waals surface area contributed by atoms with E-state index < -0.39 is 0 Å². The number of carbonyl (C=O) groups is 1. The highest BCUT2D eigenvalue weighted by atomic mass is 32.1. The summed E-state index contributed by atoms with van der Waals surface area (Å²) in [6.45, 7) is 4.22. The molecule has 0 spiro atoms. The Morgan fingerprint density at radius 1 is 1.37 bits per heavy atom. The molecule has 0 bridgehead atoms. The molecule has 0 unspecified atom stereocenters. The summed E-state index contributed by atoms with van der Waals surface area (Å²) in [5.74, 6) is 0.188. The topological polar surface area (TPSA) is 42.0 Å². The molecule has 1 amide bonds. The monoisotopic (exact) mass is 274 g/mol. The molecule has 19 heavy (non-hydrogen) atoms. The van der Waals surface area contributed by atoms with Crippen LogP contribution in [0.2, 0.25) is 0 Å². The number of nitrogens with one attached hydrogen (secondary N) is 1. The zero-order valence-corrected chi connectivity index (χ0v) is 12.0. The summed E-state index contributed by atoms with van der Waals surface area (Å²) in [6.07, 6.45) is 2.66. The second-order valence-electron chi connectivity index (χ2n) is 4.60. The predicted octanol–water partition coefficient (Wildman–Crippen LogP) is 3.91. The Morgan fingerprint density at radius 3 is 2.68 bits per heavy atom. The van der Waals surface area contributed by atoms with Gasteiger partial charge >= 0.3 is 0 Å². The van der Waals surface area contributed by atoms with E-state index in [9.17, 15) is 4.79 Å². The molecule has 0 radical (unpaired) electrons. The lowest BCUT2D eigenvalue weighted by Crippen LogP contribution is -2.26. The molecule has 1 N–H and O–H groups in total. The molecule has 0 saturated heterocycles. The Balaban J connectivity index is 2.20. The van der Waals surface area contributed by atoms with Crippen LogP contribution in [-0.2, 0) is 4.79 Å². The van der Waals surface area contributed by atoms with Crippen molar-refractivity contribution < 1.29 is 4.79 Å². The Bertz CT molecular complexity index is 510. The van der Waals surface area contributed by atoms with Gasteiger partial charge in [0.2, 0.25) is 5.91 Å². The molecule has 0 aliphatic carbocycles. The van der Waals surface area contributed by atoms with E-state index in [4.69, 9.17) is 0 Å². The van der Waals surface area contributed by atoms with E-state index in [-0.39, 0.29) is 11.8 Å². The molecule has 0 aliphatic heterocycles. The van der Waals surface area contributed by atoms with Crippen molar-refractivity contribution in [2.75, 3.05) is 5.32 Å². The van der Waals surface area contributed by atoms with Crippen LogP contribution in [0, 0.1) is 5.92 Å². The Hall–Kier alpha value is -1.68. The maximum Gasteiger partial charge on any atom is 0.233 e. The lowest BCUT2D eigenvalue weighted by Gasteiger charge is -2.22. The summed E-state index contributed by atoms with van der Waals surface area (Å²) < 4.78 is 0. The van der Waals surface area contributed by atoms with Gasteiger partial charge in [0.1, 0.15) is 0 Å². The number of hydrogen-bond acceptors (Lipinski definition) is 3. The van der Waals surface area contributed by atoms with Crippen molar-refractivity contribution in [1.29, 1.82) is 0 Å². The van der Waals surface area contributed by atoms with E-state index in [0.717, 1.165) is 12.0 Å². The van der Waals surface area contributed by atoms with Gasteiger partial charge in [-0.25, -0.2) is 4.98 Å². The number of amides is 1. The third kappa shape index (κ3) is 3.41. The Kier molecular flexibility index (Phi) is 4.68. The molecule has 3 nitrogen and oxygen atoms in total. The molecule has 1 aromatic heterocycles. The molecule has 1 heterocycles. The number of nitrogens with zero attached hydrogens (tertiary/aromatic N) is 1. The third-order valence-electron chi connectivity index (χ3n) is 3.32. The van der Waals surface area contributed by atoms with Gasteiger partial charge in [-0.1, -0.05) is 50.6 Å². The average molecular weight is 274 g/mol. The molecule has 4 heteroatoms. The van der Waals surface area contributed by atoms with E-state index in [1.807, 2.05) is 35.7 Å². The van der Waals surface area contributed by atoms with Gasteiger partial charge in [-0.05, 0) is 11.5 Å². The first-order valence-corrected chi connectivity index (χ1v) is 7.35. The van der Waals surface area contributed by atoms with Crippen LogP contribution in [0.4, 0.5) is 5.13 Å². The minimum Gasteiger partial charge on any atom is -0.301 e. The van der Waals surface area contributed by atoms with Crippen LogP contribution in [-0.4, -0.2) is 10.9 Å². The number of carbonyl (C=O) groups excluding carboxylic acids is 1. The van der Waals surface area contributed by atoms with Crippen molar-refractivity contribution in [3.63, 3.8) is 0 Å². The van der Waals surface area contributed by atoms with E-state index in [2.05, 4.69) is 24.1 Å². The summed E-state index contributed by atoms with van der Waals surface area (Å²) in [6, 6.07) is 9.94. The smallest absolute Gasteiger partial charge is 0.233 e. The summed E-state index contributed by atoms with van der Waals surface area (Å²) in [4.78, 5) is 16.6. The zero-order chi connectivity index (χ0) is 13.7. The summed E-state index contributed by atoms with van der Waals surface area (Å²) in [7, 11) is 0. The number of thiazole rings is 1. The number of aromatic nitrogens is 1. The maximum absolute atomic E-state index is 12.5. The Labute approximate surface area is 117 Å². The normalized spacial score (nSPS) is 13.8. The molecule has 2 rings (SSSR count). The minimum atomic E-state index is -0.130. The first kappa shape index (κ1) is 13.7. The molecule has 1 aromatic carbocycles. The van der Waals surface area contributed by atoms with E-state index in [1.54, 1.807) is 6.20 Å². The quantitative estimate of drug-likeness (QED) is 0.898. The second kappa shape index (κ2) is 6.48. The molecule has 100 valence electrons. The minimum absolute atomic E-state index is 0.0236. The molecule has 0 saturated carbocycles. The lowest BCUT2D eigenvalue weighted by molar-refractivity contribution is -0.118. The van der Waals surface area contributed by atoms with Crippen LogP contribution in [0.3, 0.4) is 0 Å². The van der Waals surface area contributed by atoms with E-state index in [0.29, 0.717) is 11.0 Å². The van der Waals surface area contributed by atoms with Crippen LogP contribution < -0.4 is 5.32 Å². The van der Waals surface area contributed by atoms with E-state index in [1.165, 1.54) is 11.3 Å². The maximum atomic E-state index is 12.5. The van der Waals surface area contributed by atoms with Gasteiger partial charge < -0.3 is 5.32 Å². The van der Waals surface area contributed by atoms with Gasteiger partial charge in [0, 0.05) is 11.6 Å². The highest BCUT2D eigenvalue weighted by Gasteiger charge is 2.26. The Morgan fingerprint density at radius 2 is 2.11 bits per heavy atom.